The third-order valence-corrected chi connectivity index (χ3v) is 2.51. The number of nitrogens with zero attached hydrogens (tertiary/aromatic N) is 1. The molecule has 0 aliphatic rings. The highest BCUT2D eigenvalue weighted by atomic mass is 35.5. The predicted octanol–water partition coefficient (Wildman–Crippen LogP) is 2.20. The lowest BCUT2D eigenvalue weighted by molar-refractivity contribution is -0.138. The maximum absolute atomic E-state index is 11.0. The molecular formula is C11H14ClNO2. The molecule has 0 aliphatic heterocycles. The number of likely N-dealkylation sites (N-methyl/N-ethyl adjacent to an activating group) is 1. The molecular weight excluding hydrogens is 214 g/mol. The lowest BCUT2D eigenvalue weighted by atomic mass is 10.1. The van der Waals surface area contributed by atoms with E-state index in [1.54, 1.807) is 18.9 Å². The first-order chi connectivity index (χ1) is 7.04. The Morgan fingerprint density at radius 2 is 1.93 bits per heavy atom. The van der Waals surface area contributed by atoms with Gasteiger partial charge in [0.2, 0.25) is 0 Å². The van der Waals surface area contributed by atoms with Gasteiger partial charge >= 0.3 is 5.97 Å². The second-order valence-electron chi connectivity index (χ2n) is 3.41. The molecule has 4 heteroatoms. The fraction of sp³-hybridized carbons (Fsp3) is 0.364. The zero-order chi connectivity index (χ0) is 11.4. The maximum atomic E-state index is 11.0. The van der Waals surface area contributed by atoms with Crippen LogP contribution in [0.5, 0.6) is 0 Å². The van der Waals surface area contributed by atoms with Gasteiger partial charge in [0, 0.05) is 12.7 Å². The number of halogens is 1. The Balaban J connectivity index is 2.91. The van der Waals surface area contributed by atoms with Crippen LogP contribution in [-0.2, 0) is 4.79 Å². The summed E-state index contributed by atoms with van der Waals surface area (Å²) in [7, 11) is 1.73. The third kappa shape index (κ3) is 2.86. The molecule has 1 aromatic rings. The minimum absolute atomic E-state index is 0.451. The van der Waals surface area contributed by atoms with Crippen molar-refractivity contribution in [3.05, 3.63) is 30.3 Å². The van der Waals surface area contributed by atoms with Crippen LogP contribution in [0.3, 0.4) is 0 Å². The fourth-order valence-corrected chi connectivity index (χ4v) is 1.77. The lowest BCUT2D eigenvalue weighted by Crippen LogP contribution is -2.44. The summed E-state index contributed by atoms with van der Waals surface area (Å²) in [6, 6.07) is 8.61. The summed E-state index contributed by atoms with van der Waals surface area (Å²) in [4.78, 5) is 12.7. The molecule has 3 nitrogen and oxygen atoms in total. The van der Waals surface area contributed by atoms with E-state index in [-0.39, 0.29) is 0 Å². The van der Waals surface area contributed by atoms with Gasteiger partial charge in [-0.3, -0.25) is 0 Å². The summed E-state index contributed by atoms with van der Waals surface area (Å²) in [5.41, 5.74) is 0.845. The number of rotatable bonds is 4. The quantitative estimate of drug-likeness (QED) is 0.802. The van der Waals surface area contributed by atoms with E-state index < -0.39 is 17.4 Å². The molecule has 1 N–H and O–H groups in total. The van der Waals surface area contributed by atoms with E-state index in [9.17, 15) is 4.79 Å². The van der Waals surface area contributed by atoms with Crippen LogP contribution in [0.2, 0.25) is 0 Å². The van der Waals surface area contributed by atoms with Crippen LogP contribution < -0.4 is 4.90 Å². The van der Waals surface area contributed by atoms with Gasteiger partial charge in [0.15, 0.2) is 0 Å². The van der Waals surface area contributed by atoms with Crippen molar-refractivity contribution in [1.82, 2.24) is 0 Å². The summed E-state index contributed by atoms with van der Waals surface area (Å²) >= 11 is 5.86. The third-order valence-electron chi connectivity index (χ3n) is 2.27. The van der Waals surface area contributed by atoms with Crippen molar-refractivity contribution >= 4 is 23.3 Å². The number of benzene rings is 1. The normalized spacial score (nSPS) is 14.3. The Labute approximate surface area is 94.3 Å². The van der Waals surface area contributed by atoms with Gasteiger partial charge in [0.25, 0.3) is 0 Å². The van der Waals surface area contributed by atoms with Crippen molar-refractivity contribution in [2.24, 2.45) is 0 Å². The molecule has 1 rings (SSSR count). The zero-order valence-electron chi connectivity index (χ0n) is 8.72. The number of carbonyl (C=O) groups is 1. The summed E-state index contributed by atoms with van der Waals surface area (Å²) in [5.74, 6) is -0.913. The van der Waals surface area contributed by atoms with Gasteiger partial charge in [-0.25, -0.2) is 4.79 Å². The Morgan fingerprint density at radius 1 is 1.40 bits per heavy atom. The average molecular weight is 228 g/mol. The van der Waals surface area contributed by atoms with Gasteiger partial charge in [-0.15, -0.1) is 11.6 Å². The number of carboxylic acids is 1. The van der Waals surface area contributed by atoms with E-state index in [4.69, 9.17) is 16.7 Å². The standard InChI is InChI=1S/C11H14ClNO2/c1-8(12)10(11(14)15)13(2)9-6-4-3-5-7-9/h3-8,10H,1-2H3,(H,14,15). The van der Waals surface area contributed by atoms with E-state index in [0.29, 0.717) is 0 Å². The van der Waals surface area contributed by atoms with Crippen molar-refractivity contribution in [3.63, 3.8) is 0 Å². The van der Waals surface area contributed by atoms with E-state index in [2.05, 4.69) is 0 Å². The first-order valence-electron chi connectivity index (χ1n) is 4.69. The second-order valence-corrected chi connectivity index (χ2v) is 4.10. The van der Waals surface area contributed by atoms with Gasteiger partial charge in [-0.2, -0.15) is 0 Å². The summed E-state index contributed by atoms with van der Waals surface area (Å²) < 4.78 is 0. The Kier molecular flexibility index (Phi) is 3.97. The largest absolute Gasteiger partial charge is 0.480 e. The Hall–Kier alpha value is -1.22. The monoisotopic (exact) mass is 227 g/mol. The minimum atomic E-state index is -0.913. The lowest BCUT2D eigenvalue weighted by Gasteiger charge is -2.28. The van der Waals surface area contributed by atoms with Crippen LogP contribution >= 0.6 is 11.6 Å². The topological polar surface area (TPSA) is 40.5 Å². The number of hydrogen-bond acceptors (Lipinski definition) is 2. The smallest absolute Gasteiger partial charge is 0.327 e. The predicted molar refractivity (Wildman–Crippen MR) is 61.6 cm³/mol. The van der Waals surface area contributed by atoms with Gasteiger partial charge in [0.1, 0.15) is 6.04 Å². The molecule has 0 aliphatic carbocycles. The molecule has 0 heterocycles. The van der Waals surface area contributed by atoms with E-state index in [1.807, 2.05) is 30.3 Å². The average Bonchev–Trinajstić information content (AvgIpc) is 2.18. The van der Waals surface area contributed by atoms with Crippen molar-refractivity contribution in [2.75, 3.05) is 11.9 Å². The molecule has 1 aromatic carbocycles. The first-order valence-corrected chi connectivity index (χ1v) is 5.12. The second kappa shape index (κ2) is 5.03. The van der Waals surface area contributed by atoms with Crippen molar-refractivity contribution in [1.29, 1.82) is 0 Å². The molecule has 15 heavy (non-hydrogen) atoms. The highest BCUT2D eigenvalue weighted by Gasteiger charge is 2.27. The molecule has 0 saturated carbocycles. The first kappa shape index (κ1) is 11.9. The highest BCUT2D eigenvalue weighted by Crippen LogP contribution is 2.18. The number of aliphatic carboxylic acids is 1. The fourth-order valence-electron chi connectivity index (χ4n) is 1.49. The van der Waals surface area contributed by atoms with Crippen molar-refractivity contribution in [2.45, 2.75) is 18.3 Å². The molecule has 0 bridgehead atoms. The highest BCUT2D eigenvalue weighted by molar-refractivity contribution is 6.22. The molecule has 82 valence electrons. The van der Waals surface area contributed by atoms with Crippen LogP contribution in [-0.4, -0.2) is 29.5 Å². The van der Waals surface area contributed by atoms with E-state index in [1.165, 1.54) is 0 Å². The number of hydrogen-bond donors (Lipinski definition) is 1. The molecule has 0 radical (unpaired) electrons. The zero-order valence-corrected chi connectivity index (χ0v) is 9.48. The number of carboxylic acid groups (broad SMARTS) is 1. The molecule has 0 amide bonds. The summed E-state index contributed by atoms with van der Waals surface area (Å²) in [6.07, 6.45) is 0. The van der Waals surface area contributed by atoms with Crippen LogP contribution in [0.25, 0.3) is 0 Å². The van der Waals surface area contributed by atoms with Crippen LogP contribution in [0.15, 0.2) is 30.3 Å². The molecule has 0 saturated heterocycles. The van der Waals surface area contributed by atoms with Crippen LogP contribution in [0.4, 0.5) is 5.69 Å². The number of alkyl halides is 1. The SMILES string of the molecule is CC(Cl)C(C(=O)O)N(C)c1ccccc1. The number of anilines is 1. The van der Waals surface area contributed by atoms with Crippen LogP contribution in [0.1, 0.15) is 6.92 Å². The van der Waals surface area contributed by atoms with Crippen molar-refractivity contribution in [3.8, 4) is 0 Å². The minimum Gasteiger partial charge on any atom is -0.480 e. The molecule has 0 fully saturated rings. The molecule has 0 aromatic heterocycles. The van der Waals surface area contributed by atoms with Crippen molar-refractivity contribution < 1.29 is 9.90 Å². The van der Waals surface area contributed by atoms with Gasteiger partial charge in [0.05, 0.1) is 5.38 Å². The summed E-state index contributed by atoms with van der Waals surface area (Å²) in [6.45, 7) is 1.68. The number of para-hydroxylation sites is 1. The molecule has 2 unspecified atom stereocenters. The van der Waals surface area contributed by atoms with E-state index >= 15 is 0 Å². The van der Waals surface area contributed by atoms with Gasteiger partial charge in [-0.05, 0) is 19.1 Å². The molecule has 2 atom stereocenters. The Bertz CT molecular complexity index is 327. The van der Waals surface area contributed by atoms with E-state index in [0.717, 1.165) is 5.69 Å². The van der Waals surface area contributed by atoms with Crippen LogP contribution in [0, 0.1) is 0 Å². The van der Waals surface area contributed by atoms with Gasteiger partial charge < -0.3 is 10.0 Å². The summed E-state index contributed by atoms with van der Waals surface area (Å²) in [5, 5.41) is 8.60. The maximum Gasteiger partial charge on any atom is 0.327 e. The van der Waals surface area contributed by atoms with Gasteiger partial charge in [-0.1, -0.05) is 18.2 Å². The molecule has 0 spiro atoms. The Morgan fingerprint density at radius 3 is 2.33 bits per heavy atom.